The Balaban J connectivity index is 1.90. The Bertz CT molecular complexity index is 707. The van der Waals surface area contributed by atoms with E-state index in [1.165, 1.54) is 18.5 Å². The molecule has 0 aliphatic rings. The summed E-state index contributed by atoms with van der Waals surface area (Å²) in [5.41, 5.74) is 1.03. The van der Waals surface area contributed by atoms with Gasteiger partial charge in [0.1, 0.15) is 12.6 Å². The molecule has 126 valence electrons. The molecule has 0 aliphatic carbocycles. The highest BCUT2D eigenvalue weighted by molar-refractivity contribution is 5.96. The van der Waals surface area contributed by atoms with Gasteiger partial charge in [0.05, 0.1) is 18.7 Å². The van der Waals surface area contributed by atoms with E-state index < -0.39 is 17.9 Å². The summed E-state index contributed by atoms with van der Waals surface area (Å²) in [7, 11) is 0. The first-order valence-corrected chi connectivity index (χ1v) is 7.43. The van der Waals surface area contributed by atoms with Gasteiger partial charge in [0.15, 0.2) is 11.5 Å². The molecule has 1 heterocycles. The van der Waals surface area contributed by atoms with Crippen LogP contribution in [-0.2, 0) is 16.1 Å². The molecule has 24 heavy (non-hydrogen) atoms. The number of anilines is 1. The van der Waals surface area contributed by atoms with Crippen LogP contribution in [0.2, 0.25) is 0 Å². The third kappa shape index (κ3) is 5.06. The smallest absolute Gasteiger partial charge is 0.230 e. The third-order valence-electron chi connectivity index (χ3n) is 3.47. The van der Waals surface area contributed by atoms with E-state index in [1.807, 2.05) is 0 Å². The van der Waals surface area contributed by atoms with Crippen molar-refractivity contribution >= 4 is 23.3 Å². The van der Waals surface area contributed by atoms with Crippen molar-refractivity contribution in [2.45, 2.75) is 25.9 Å². The maximum atomic E-state index is 12.0. The molecule has 0 spiro atoms. The normalized spacial score (nSPS) is 11.7. The number of amides is 1. The molecule has 0 unspecified atom stereocenters. The molecular formula is C17H18N2O5. The molecule has 1 aromatic carbocycles. The van der Waals surface area contributed by atoms with Crippen LogP contribution in [-0.4, -0.2) is 23.7 Å². The van der Waals surface area contributed by atoms with Gasteiger partial charge in [-0.05, 0) is 43.3 Å². The third-order valence-corrected chi connectivity index (χ3v) is 3.47. The molecule has 0 saturated carbocycles. The fourth-order valence-electron chi connectivity index (χ4n) is 2.15. The highest BCUT2D eigenvalue weighted by atomic mass is 16.4. The minimum Gasteiger partial charge on any atom is -0.544 e. The summed E-state index contributed by atoms with van der Waals surface area (Å²) in [6.45, 7) is 1.75. The van der Waals surface area contributed by atoms with Gasteiger partial charge < -0.3 is 25.0 Å². The van der Waals surface area contributed by atoms with Gasteiger partial charge in [0.2, 0.25) is 5.91 Å². The number of rotatable bonds is 8. The van der Waals surface area contributed by atoms with E-state index in [2.05, 4.69) is 5.32 Å². The van der Waals surface area contributed by atoms with Crippen LogP contribution in [0.25, 0.3) is 0 Å². The lowest BCUT2D eigenvalue weighted by atomic mass is 10.1. The maximum absolute atomic E-state index is 12.0. The summed E-state index contributed by atoms with van der Waals surface area (Å²) in [6.07, 6.45) is 1.26. The van der Waals surface area contributed by atoms with Crippen molar-refractivity contribution in [3.63, 3.8) is 0 Å². The molecule has 3 N–H and O–H groups in total. The van der Waals surface area contributed by atoms with E-state index in [4.69, 9.17) is 4.42 Å². The maximum Gasteiger partial charge on any atom is 0.230 e. The van der Waals surface area contributed by atoms with Crippen LogP contribution in [0.15, 0.2) is 47.1 Å². The quantitative estimate of drug-likeness (QED) is 0.644. The molecule has 0 saturated heterocycles. The van der Waals surface area contributed by atoms with Crippen LogP contribution < -0.4 is 15.7 Å². The zero-order valence-electron chi connectivity index (χ0n) is 13.2. The number of ketones is 1. The largest absolute Gasteiger partial charge is 0.544 e. The number of benzene rings is 1. The summed E-state index contributed by atoms with van der Waals surface area (Å²) in [5.74, 6) is -1.22. The van der Waals surface area contributed by atoms with Gasteiger partial charge in [-0.15, -0.1) is 0 Å². The molecule has 1 aromatic heterocycles. The predicted molar refractivity (Wildman–Crippen MR) is 82.8 cm³/mol. The van der Waals surface area contributed by atoms with Gasteiger partial charge in [-0.1, -0.05) is 0 Å². The number of hydrogen-bond acceptors (Lipinski definition) is 5. The first kappa shape index (κ1) is 17.4. The zero-order chi connectivity index (χ0) is 17.5. The van der Waals surface area contributed by atoms with Crippen molar-refractivity contribution < 1.29 is 29.2 Å². The second-order valence-electron chi connectivity index (χ2n) is 5.33. The SMILES string of the molecule is CC(=O)c1ccc(NC(=O)C[C@@H]([NH2+]Cc2ccco2)C(=O)[O-])cc1. The fraction of sp³-hybridized carbons (Fsp3) is 0.235. The number of carboxylic acids is 1. The number of hydrogen-bond donors (Lipinski definition) is 2. The Hall–Kier alpha value is -2.93. The molecule has 7 heteroatoms. The summed E-state index contributed by atoms with van der Waals surface area (Å²) < 4.78 is 5.12. The van der Waals surface area contributed by atoms with Crippen LogP contribution >= 0.6 is 0 Å². The predicted octanol–water partition coefficient (Wildman–Crippen LogP) is -0.307. The summed E-state index contributed by atoms with van der Waals surface area (Å²) in [6, 6.07) is 8.78. The standard InChI is InChI=1S/C17H18N2O5/c1-11(20)12-4-6-13(7-5-12)19-16(21)9-15(17(22)23)18-10-14-3-2-8-24-14/h2-8,15,18H,9-10H2,1H3,(H,19,21)(H,22,23)/t15-/m1/s1. The first-order valence-electron chi connectivity index (χ1n) is 7.43. The molecule has 1 amide bonds. The molecular weight excluding hydrogens is 312 g/mol. The van der Waals surface area contributed by atoms with Crippen molar-refractivity contribution in [1.82, 2.24) is 0 Å². The Morgan fingerprint density at radius 1 is 1.21 bits per heavy atom. The lowest BCUT2D eigenvalue weighted by Crippen LogP contribution is -2.92. The van der Waals surface area contributed by atoms with Crippen LogP contribution in [0.4, 0.5) is 5.69 Å². The fourth-order valence-corrected chi connectivity index (χ4v) is 2.15. The number of carbonyl (C=O) groups excluding carboxylic acids is 3. The number of aliphatic carboxylic acids is 1. The lowest BCUT2D eigenvalue weighted by molar-refractivity contribution is -0.698. The number of quaternary nitrogens is 1. The molecule has 1 atom stereocenters. The van der Waals surface area contributed by atoms with E-state index in [0.29, 0.717) is 23.6 Å². The highest BCUT2D eigenvalue weighted by Crippen LogP contribution is 2.10. The van der Waals surface area contributed by atoms with Gasteiger partial charge in [-0.3, -0.25) is 9.59 Å². The molecule has 7 nitrogen and oxygen atoms in total. The molecule has 2 aromatic rings. The van der Waals surface area contributed by atoms with Gasteiger partial charge in [-0.25, -0.2) is 0 Å². The Kier molecular flexibility index (Phi) is 5.86. The van der Waals surface area contributed by atoms with Crippen molar-refractivity contribution in [3.05, 3.63) is 54.0 Å². The van der Waals surface area contributed by atoms with Crippen molar-refractivity contribution in [2.75, 3.05) is 5.32 Å². The average molecular weight is 330 g/mol. The first-order chi connectivity index (χ1) is 11.5. The topological polar surface area (TPSA) is 116 Å². The number of carbonyl (C=O) groups is 3. The van der Waals surface area contributed by atoms with Crippen molar-refractivity contribution in [3.8, 4) is 0 Å². The molecule has 0 radical (unpaired) electrons. The molecule has 0 aliphatic heterocycles. The highest BCUT2D eigenvalue weighted by Gasteiger charge is 2.19. The van der Waals surface area contributed by atoms with Crippen LogP contribution in [0, 0.1) is 0 Å². The minimum absolute atomic E-state index is 0.0718. The Morgan fingerprint density at radius 3 is 2.46 bits per heavy atom. The minimum atomic E-state index is -1.32. The molecule has 0 bridgehead atoms. The average Bonchev–Trinajstić information content (AvgIpc) is 3.05. The van der Waals surface area contributed by atoms with Gasteiger partial charge in [0.25, 0.3) is 0 Å². The van der Waals surface area contributed by atoms with E-state index in [9.17, 15) is 19.5 Å². The Morgan fingerprint density at radius 2 is 1.92 bits per heavy atom. The number of nitrogens with two attached hydrogens (primary N) is 1. The van der Waals surface area contributed by atoms with Crippen LogP contribution in [0.5, 0.6) is 0 Å². The Labute approximate surface area is 138 Å². The van der Waals surface area contributed by atoms with Crippen LogP contribution in [0.1, 0.15) is 29.5 Å². The van der Waals surface area contributed by atoms with E-state index in [1.54, 1.807) is 36.4 Å². The number of Topliss-reactive ketones (excluding diaryl/α,β-unsaturated/α-hetero) is 1. The van der Waals surface area contributed by atoms with E-state index >= 15 is 0 Å². The summed E-state index contributed by atoms with van der Waals surface area (Å²) >= 11 is 0. The number of carboxylic acid groups (broad SMARTS) is 1. The van der Waals surface area contributed by atoms with Gasteiger partial charge in [-0.2, -0.15) is 0 Å². The van der Waals surface area contributed by atoms with E-state index in [-0.39, 0.29) is 12.2 Å². The summed E-state index contributed by atoms with van der Waals surface area (Å²) in [4.78, 5) is 34.4. The van der Waals surface area contributed by atoms with Gasteiger partial charge in [0, 0.05) is 11.3 Å². The molecule has 2 rings (SSSR count). The monoisotopic (exact) mass is 330 g/mol. The van der Waals surface area contributed by atoms with Gasteiger partial charge >= 0.3 is 0 Å². The second-order valence-corrected chi connectivity index (χ2v) is 5.33. The second kappa shape index (κ2) is 8.07. The molecule has 0 fully saturated rings. The number of furan rings is 1. The van der Waals surface area contributed by atoms with Crippen LogP contribution in [0.3, 0.4) is 0 Å². The summed E-state index contributed by atoms with van der Waals surface area (Å²) in [5, 5.41) is 15.3. The zero-order valence-corrected chi connectivity index (χ0v) is 13.2. The van der Waals surface area contributed by atoms with Crippen molar-refractivity contribution in [2.24, 2.45) is 0 Å². The lowest BCUT2D eigenvalue weighted by Gasteiger charge is -2.15. The van der Waals surface area contributed by atoms with E-state index in [0.717, 1.165) is 0 Å². The van der Waals surface area contributed by atoms with Crippen molar-refractivity contribution in [1.29, 1.82) is 0 Å². The number of nitrogens with one attached hydrogen (secondary N) is 1.